The van der Waals surface area contributed by atoms with E-state index in [1.54, 1.807) is 0 Å². The molecule has 2 N–H and O–H groups in total. The van der Waals surface area contributed by atoms with E-state index < -0.39 is 6.10 Å². The Kier molecular flexibility index (Phi) is 11.2. The molecule has 148 valence electrons. The maximum absolute atomic E-state index is 10.3. The molecule has 0 amide bonds. The maximum Gasteiger partial charge on any atom is 0.194 e. The highest BCUT2D eigenvalue weighted by atomic mass is 127. The Morgan fingerprint density at radius 3 is 2.38 bits per heavy atom. The van der Waals surface area contributed by atoms with E-state index in [2.05, 4.69) is 40.9 Å². The third kappa shape index (κ3) is 8.22. The summed E-state index contributed by atoms with van der Waals surface area (Å²) in [6.45, 7) is 13.2. The van der Waals surface area contributed by atoms with Gasteiger partial charge in [-0.15, -0.1) is 24.0 Å². The second-order valence-electron chi connectivity index (χ2n) is 7.22. The number of guanidine groups is 1. The van der Waals surface area contributed by atoms with Crippen molar-refractivity contribution in [2.24, 2.45) is 10.9 Å². The molecule has 1 atom stereocenters. The molecule has 0 bridgehead atoms. The molecule has 1 aromatic carbocycles. The lowest BCUT2D eigenvalue weighted by Crippen LogP contribution is -2.53. The van der Waals surface area contributed by atoms with Gasteiger partial charge in [-0.25, -0.2) is 0 Å². The fourth-order valence-electron chi connectivity index (χ4n) is 3.23. The van der Waals surface area contributed by atoms with Crippen LogP contribution in [0.2, 0.25) is 0 Å². The number of piperazine rings is 1. The number of nitrogens with zero attached hydrogens (tertiary/aromatic N) is 3. The lowest BCUT2D eigenvalue weighted by molar-refractivity contribution is 0.161. The van der Waals surface area contributed by atoms with Crippen LogP contribution in [0, 0.1) is 5.92 Å². The quantitative estimate of drug-likeness (QED) is 0.362. The second-order valence-corrected chi connectivity index (χ2v) is 7.22. The molecule has 0 saturated carbocycles. The van der Waals surface area contributed by atoms with E-state index in [9.17, 15) is 5.11 Å². The summed E-state index contributed by atoms with van der Waals surface area (Å²) in [7, 11) is 0. The van der Waals surface area contributed by atoms with Crippen molar-refractivity contribution < 1.29 is 5.11 Å². The number of aliphatic hydroxyl groups is 1. The monoisotopic (exact) mass is 474 g/mol. The van der Waals surface area contributed by atoms with E-state index in [-0.39, 0.29) is 24.0 Å². The first-order chi connectivity index (χ1) is 12.1. The van der Waals surface area contributed by atoms with Gasteiger partial charge in [0.1, 0.15) is 0 Å². The van der Waals surface area contributed by atoms with E-state index in [0.29, 0.717) is 18.9 Å². The molecule has 1 unspecified atom stereocenters. The Balaban J connectivity index is 0.00000338. The van der Waals surface area contributed by atoms with E-state index in [4.69, 9.17) is 0 Å². The molecular formula is C20H35IN4O. The Labute approximate surface area is 175 Å². The van der Waals surface area contributed by atoms with E-state index >= 15 is 0 Å². The zero-order valence-electron chi connectivity index (χ0n) is 16.4. The summed E-state index contributed by atoms with van der Waals surface area (Å²) in [5, 5.41) is 13.7. The largest absolute Gasteiger partial charge is 0.391 e. The number of aliphatic imine (C=N–C) groups is 1. The van der Waals surface area contributed by atoms with E-state index in [0.717, 1.165) is 50.8 Å². The SMILES string of the molecule is CCNC(=NCC(O)Cc1ccccc1)N1CCN(CC(C)C)CC1.I. The van der Waals surface area contributed by atoms with Gasteiger partial charge in [0.2, 0.25) is 0 Å². The van der Waals surface area contributed by atoms with Crippen molar-refractivity contribution in [3.63, 3.8) is 0 Å². The van der Waals surface area contributed by atoms with Gasteiger partial charge in [-0.3, -0.25) is 9.89 Å². The molecule has 0 aliphatic carbocycles. The molecule has 1 fully saturated rings. The minimum absolute atomic E-state index is 0. The zero-order valence-corrected chi connectivity index (χ0v) is 18.7. The molecule has 5 nitrogen and oxygen atoms in total. The smallest absolute Gasteiger partial charge is 0.194 e. The average molecular weight is 474 g/mol. The van der Waals surface area contributed by atoms with Crippen LogP contribution in [0.15, 0.2) is 35.3 Å². The van der Waals surface area contributed by atoms with Crippen LogP contribution in [-0.2, 0) is 6.42 Å². The van der Waals surface area contributed by atoms with Crippen molar-refractivity contribution in [2.45, 2.75) is 33.3 Å². The Morgan fingerprint density at radius 1 is 1.15 bits per heavy atom. The van der Waals surface area contributed by atoms with Gasteiger partial charge >= 0.3 is 0 Å². The number of aliphatic hydroxyl groups excluding tert-OH is 1. The summed E-state index contributed by atoms with van der Waals surface area (Å²) in [5.74, 6) is 1.64. The molecule has 2 rings (SSSR count). The number of halogens is 1. The lowest BCUT2D eigenvalue weighted by atomic mass is 10.1. The van der Waals surface area contributed by atoms with Crippen LogP contribution < -0.4 is 5.32 Å². The second kappa shape index (κ2) is 12.5. The minimum Gasteiger partial charge on any atom is -0.391 e. The van der Waals surface area contributed by atoms with Gasteiger partial charge in [0, 0.05) is 45.7 Å². The van der Waals surface area contributed by atoms with Crippen LogP contribution in [0.5, 0.6) is 0 Å². The molecule has 0 aromatic heterocycles. The zero-order chi connectivity index (χ0) is 18.1. The highest BCUT2D eigenvalue weighted by Crippen LogP contribution is 2.07. The molecule has 1 saturated heterocycles. The predicted octanol–water partition coefficient (Wildman–Crippen LogP) is 2.45. The third-order valence-electron chi connectivity index (χ3n) is 4.40. The van der Waals surface area contributed by atoms with Crippen molar-refractivity contribution in [2.75, 3.05) is 45.8 Å². The normalized spacial score (nSPS) is 17.1. The van der Waals surface area contributed by atoms with Crippen LogP contribution >= 0.6 is 24.0 Å². The van der Waals surface area contributed by atoms with Crippen LogP contribution in [-0.4, -0.2) is 72.8 Å². The number of benzene rings is 1. The third-order valence-corrected chi connectivity index (χ3v) is 4.40. The van der Waals surface area contributed by atoms with Crippen LogP contribution in [0.25, 0.3) is 0 Å². The number of rotatable bonds is 7. The van der Waals surface area contributed by atoms with Gasteiger partial charge in [0.15, 0.2) is 5.96 Å². The standard InChI is InChI=1S/C20H34N4O.HI/c1-4-21-20(24-12-10-23(11-13-24)16-17(2)3)22-15-19(25)14-18-8-6-5-7-9-18;/h5-9,17,19,25H,4,10-16H2,1-3H3,(H,21,22);1H. The highest BCUT2D eigenvalue weighted by molar-refractivity contribution is 14.0. The number of hydrogen-bond acceptors (Lipinski definition) is 3. The van der Waals surface area contributed by atoms with Crippen molar-refractivity contribution >= 4 is 29.9 Å². The Hall–Kier alpha value is -0.860. The Bertz CT molecular complexity index is 516. The first-order valence-corrected chi connectivity index (χ1v) is 9.56. The Morgan fingerprint density at radius 2 is 1.81 bits per heavy atom. The summed E-state index contributed by atoms with van der Waals surface area (Å²) in [5.41, 5.74) is 1.15. The van der Waals surface area contributed by atoms with Gasteiger partial charge in [0.05, 0.1) is 12.6 Å². The highest BCUT2D eigenvalue weighted by Gasteiger charge is 2.20. The van der Waals surface area contributed by atoms with E-state index in [1.807, 2.05) is 30.3 Å². The molecule has 0 radical (unpaired) electrons. The molecule has 1 aromatic rings. The molecule has 26 heavy (non-hydrogen) atoms. The molecule has 1 aliphatic rings. The summed E-state index contributed by atoms with van der Waals surface area (Å²) in [6.07, 6.45) is 0.199. The van der Waals surface area contributed by atoms with Crippen LogP contribution in [0.4, 0.5) is 0 Å². The lowest BCUT2D eigenvalue weighted by Gasteiger charge is -2.37. The first kappa shape index (κ1) is 23.2. The van der Waals surface area contributed by atoms with Crippen LogP contribution in [0.3, 0.4) is 0 Å². The summed E-state index contributed by atoms with van der Waals surface area (Å²) in [4.78, 5) is 9.52. The number of hydrogen-bond donors (Lipinski definition) is 2. The van der Waals surface area contributed by atoms with Crippen molar-refractivity contribution in [1.82, 2.24) is 15.1 Å². The average Bonchev–Trinajstić information content (AvgIpc) is 2.60. The minimum atomic E-state index is -0.446. The van der Waals surface area contributed by atoms with Crippen LogP contribution in [0.1, 0.15) is 26.3 Å². The topological polar surface area (TPSA) is 51.1 Å². The van der Waals surface area contributed by atoms with Crippen molar-refractivity contribution in [3.8, 4) is 0 Å². The fourth-order valence-corrected chi connectivity index (χ4v) is 3.23. The van der Waals surface area contributed by atoms with Crippen molar-refractivity contribution in [3.05, 3.63) is 35.9 Å². The fraction of sp³-hybridized carbons (Fsp3) is 0.650. The van der Waals surface area contributed by atoms with Gasteiger partial charge in [-0.05, 0) is 18.4 Å². The first-order valence-electron chi connectivity index (χ1n) is 9.56. The van der Waals surface area contributed by atoms with Gasteiger partial charge in [-0.1, -0.05) is 44.2 Å². The summed E-state index contributed by atoms with van der Waals surface area (Å²) >= 11 is 0. The maximum atomic E-state index is 10.3. The molecular weight excluding hydrogens is 439 g/mol. The molecule has 0 spiro atoms. The summed E-state index contributed by atoms with van der Waals surface area (Å²) in [6, 6.07) is 10.1. The van der Waals surface area contributed by atoms with Crippen molar-refractivity contribution in [1.29, 1.82) is 0 Å². The van der Waals surface area contributed by atoms with Gasteiger partial charge < -0.3 is 15.3 Å². The van der Waals surface area contributed by atoms with Gasteiger partial charge in [0.25, 0.3) is 0 Å². The summed E-state index contributed by atoms with van der Waals surface area (Å²) < 4.78 is 0. The molecule has 1 heterocycles. The number of nitrogens with one attached hydrogen (secondary N) is 1. The predicted molar refractivity (Wildman–Crippen MR) is 120 cm³/mol. The molecule has 6 heteroatoms. The molecule has 1 aliphatic heterocycles. The van der Waals surface area contributed by atoms with Gasteiger partial charge in [-0.2, -0.15) is 0 Å². The van der Waals surface area contributed by atoms with E-state index in [1.165, 1.54) is 0 Å².